The molecule has 14 N–H and O–H groups in total. The average molecular weight is 1700 g/mol. The summed E-state index contributed by atoms with van der Waals surface area (Å²) in [5.74, 6) is -19.0. The van der Waals surface area contributed by atoms with Gasteiger partial charge in [0.05, 0.1) is 38.8 Å². The standard InChI is InChI=1S/C30H21N7O10S2.C27H14F4N2O11S2.C9H9N5.C2HF3O2.CH4/c31-21-9-7-18-23(19-8-10-22(32)27(49(44,45)46)25(19)47-24(18)26(21)48(41,42)43)17-6-5-16(11-20(17)30(39)40)29(38)33-12-14-1-3-15(4-2-14)28-36-34-13-35-37-28;28-14-8-15(29)20(31)23(19(14)30)44-27(36)9-1-2-10(13(7-9)26(34)35)18-11-3-5-16(32)24(45(37,38)39)21(11)43-22-12(18)4-6-17(33)25(22)46(40,41)42;10-5-7-1-3-8(4-2-7)9-13-11-6-12-14-9;3-2(4,5)1(6)7;/h1-11,13,31H,12,32H2,(H,33,38)(H,39,40)(H,41,42,43)(H,44,45,46);1-8,32H,33H2,(H,34,35)(H,37,38,39)(H,40,41,42);1-4,6H,5,10H2;(H,6,7);1H4/p-2. The zero-order valence-corrected chi connectivity index (χ0v) is 60.3. The average Bonchev–Trinajstić information content (AvgIpc) is 0.724. The highest BCUT2D eigenvalue weighted by atomic mass is 32.2. The first-order chi connectivity index (χ1) is 54.3. The normalized spacial score (nSPS) is 11.6. The molecule has 0 bridgehead atoms. The number of ether oxygens (including phenoxy) is 1. The molecule has 13 rings (SSSR count). The van der Waals surface area contributed by atoms with Crippen molar-refractivity contribution in [3.8, 4) is 73.4 Å². The summed E-state index contributed by atoms with van der Waals surface area (Å²) in [5, 5.41) is 74.2. The van der Waals surface area contributed by atoms with E-state index in [1.165, 1.54) is 36.9 Å². The zero-order chi connectivity index (χ0) is 85.2. The molecule has 2 aromatic heterocycles. The van der Waals surface area contributed by atoms with Crippen LogP contribution in [0.15, 0.2) is 181 Å². The van der Waals surface area contributed by atoms with Crippen LogP contribution in [0.1, 0.15) is 60.0 Å². The number of aromatic nitrogens is 8. The topological polar surface area (TPSA) is 646 Å². The van der Waals surface area contributed by atoms with Crippen LogP contribution in [0.5, 0.6) is 5.75 Å². The van der Waals surface area contributed by atoms with E-state index in [1.54, 1.807) is 24.3 Å². The Morgan fingerprint density at radius 2 is 0.897 bits per heavy atom. The molecular formula is C69H47F7N14O23S4-2. The molecule has 0 saturated carbocycles. The molecule has 9 aromatic rings. The minimum Gasteiger partial charge on any atom is -0.744 e. The minimum atomic E-state index is -5.56. The van der Waals surface area contributed by atoms with Crippen LogP contribution in [0.4, 0.5) is 42.1 Å². The van der Waals surface area contributed by atoms with Crippen molar-refractivity contribution in [1.82, 2.24) is 46.1 Å². The Morgan fingerprint density at radius 1 is 0.513 bits per heavy atom. The van der Waals surface area contributed by atoms with Crippen molar-refractivity contribution in [2.24, 2.45) is 5.73 Å². The number of rotatable bonds is 16. The fraction of sp³-hybridized carbons (Fsp3) is 0.0580. The Kier molecular flexibility index (Phi) is 25.2. The molecule has 2 aliphatic heterocycles. The minimum absolute atomic E-state index is 0. The van der Waals surface area contributed by atoms with Crippen LogP contribution in [0.25, 0.3) is 89.6 Å². The van der Waals surface area contributed by atoms with Crippen molar-refractivity contribution in [2.75, 3.05) is 11.5 Å². The summed E-state index contributed by atoms with van der Waals surface area (Å²) in [5.41, 5.74) is 13.7. The number of esters is 1. The van der Waals surface area contributed by atoms with Gasteiger partial charge in [0.25, 0.3) is 26.1 Å². The Balaban J connectivity index is 0.000000212. The lowest BCUT2D eigenvalue weighted by molar-refractivity contribution is -0.192. The number of halogens is 7. The highest BCUT2D eigenvalue weighted by molar-refractivity contribution is 7.87. The second-order valence-corrected chi connectivity index (χ2v) is 28.7. The quantitative estimate of drug-likeness (QED) is 0.00834. The Hall–Kier alpha value is -14.1. The molecule has 0 radical (unpaired) electrons. The van der Waals surface area contributed by atoms with Gasteiger partial charge < -0.3 is 60.5 Å². The van der Waals surface area contributed by atoms with E-state index in [4.69, 9.17) is 46.8 Å². The van der Waals surface area contributed by atoms with Crippen molar-refractivity contribution >= 4 is 104 Å². The fourth-order valence-electron chi connectivity index (χ4n) is 11.0. The lowest BCUT2D eigenvalue weighted by Crippen LogP contribution is -2.23. The Labute approximate surface area is 649 Å². The Bertz CT molecular complexity index is 6720. The molecule has 0 spiro atoms. The third-order valence-corrected chi connectivity index (χ3v) is 19.7. The molecule has 0 unspecified atom stereocenters. The molecule has 117 heavy (non-hydrogen) atoms. The van der Waals surface area contributed by atoms with Crippen LogP contribution in [0, 0.1) is 34.1 Å². The molecule has 606 valence electrons. The summed E-state index contributed by atoms with van der Waals surface area (Å²) in [4.78, 5) is 55.3. The van der Waals surface area contributed by atoms with Gasteiger partial charge in [0.15, 0.2) is 56.8 Å². The number of nitrogens with zero attached hydrogens (tertiary/aromatic N) is 8. The van der Waals surface area contributed by atoms with Crippen LogP contribution in [0.3, 0.4) is 0 Å². The van der Waals surface area contributed by atoms with Crippen molar-refractivity contribution < 1.29 is 135 Å². The number of anilines is 2. The number of nitrogens with one attached hydrogen (secondary N) is 3. The highest BCUT2D eigenvalue weighted by Gasteiger charge is 2.39. The summed E-state index contributed by atoms with van der Waals surface area (Å²) in [6.07, 6.45) is -2.59. The number of hydrogen-bond acceptors (Lipinski definition) is 31. The van der Waals surface area contributed by atoms with Gasteiger partial charge in [-0.05, 0) is 95.1 Å². The van der Waals surface area contributed by atoms with Crippen molar-refractivity contribution in [3.63, 3.8) is 0 Å². The SMILES string of the molecule is C.N=c1ccc2c(-c3ccc(C(=O)NCc4ccc(-c5nncnn5)cc4)cc3C(=O)O)c3ccc(N)c(S(=O)(=O)O)c3oc-2c1S(=O)(=O)O.N=c1ccc2c(-c3ccc(C(=O)Oc4c(F)c(F)cc(F)c4F)cc3C(=O)O)c3ccc(N)c(S(=O)(=O)[O-])c3oc-2c1S(=O)(=O)[O-].NCc1ccc(-c2nncnn2)cc1.O=C(O)C(F)(F)F. The van der Waals surface area contributed by atoms with E-state index in [0.717, 1.165) is 65.7 Å². The van der Waals surface area contributed by atoms with E-state index < -0.39 is 203 Å². The van der Waals surface area contributed by atoms with Crippen LogP contribution >= 0.6 is 0 Å². The van der Waals surface area contributed by atoms with E-state index in [2.05, 4.69) is 50.8 Å². The van der Waals surface area contributed by atoms with Gasteiger partial charge in [-0.3, -0.25) is 24.7 Å². The highest BCUT2D eigenvalue weighted by Crippen LogP contribution is 2.48. The van der Waals surface area contributed by atoms with Gasteiger partial charge in [0, 0.05) is 68.9 Å². The molecule has 0 atom stereocenters. The van der Waals surface area contributed by atoms with E-state index in [0.29, 0.717) is 35.4 Å². The molecule has 7 aromatic carbocycles. The van der Waals surface area contributed by atoms with Crippen LogP contribution in [-0.4, -0.2) is 144 Å². The predicted octanol–water partition coefficient (Wildman–Crippen LogP) is 7.84. The lowest BCUT2D eigenvalue weighted by Gasteiger charge is -2.22. The number of aromatic carboxylic acids is 2. The number of benzene rings is 9. The molecule has 37 nitrogen and oxygen atoms in total. The summed E-state index contributed by atoms with van der Waals surface area (Å²) in [6.45, 7) is 0.588. The van der Waals surface area contributed by atoms with Crippen LogP contribution in [-0.2, 0) is 58.4 Å². The van der Waals surface area contributed by atoms with E-state index >= 15 is 0 Å². The number of carbonyl (C=O) groups excluding carboxylic acids is 2. The third kappa shape index (κ3) is 18.7. The van der Waals surface area contributed by atoms with Crippen LogP contribution < -0.4 is 38.0 Å². The van der Waals surface area contributed by atoms with Crippen molar-refractivity contribution in [3.05, 3.63) is 220 Å². The van der Waals surface area contributed by atoms with Gasteiger partial charge in [-0.25, -0.2) is 44.8 Å². The van der Waals surface area contributed by atoms with Gasteiger partial charge >= 0.3 is 30.1 Å². The number of hydrogen-bond donors (Lipinski definition) is 11. The van der Waals surface area contributed by atoms with E-state index in [9.17, 15) is 112 Å². The van der Waals surface area contributed by atoms with Crippen molar-refractivity contribution in [2.45, 2.75) is 46.3 Å². The molecular weight excluding hydrogens is 1650 g/mol. The number of amides is 1. The van der Waals surface area contributed by atoms with E-state index in [1.807, 2.05) is 24.3 Å². The lowest BCUT2D eigenvalue weighted by atomic mass is 9.89. The van der Waals surface area contributed by atoms with Crippen molar-refractivity contribution in [1.29, 1.82) is 10.8 Å². The monoisotopic (exact) mass is 1700 g/mol. The smallest absolute Gasteiger partial charge is 0.490 e. The maximum Gasteiger partial charge on any atom is 0.490 e. The number of aliphatic carboxylic acids is 1. The van der Waals surface area contributed by atoms with Gasteiger partial charge in [0.2, 0.25) is 29.0 Å². The van der Waals surface area contributed by atoms with Gasteiger partial charge in [-0.15, -0.1) is 40.8 Å². The number of carboxylic acid groups (broad SMARTS) is 3. The second-order valence-electron chi connectivity index (χ2n) is 23.3. The zero-order valence-electron chi connectivity index (χ0n) is 57.0. The second kappa shape index (κ2) is 33.9. The number of carboxylic acids is 3. The first-order valence-electron chi connectivity index (χ1n) is 31.2. The summed E-state index contributed by atoms with van der Waals surface area (Å²) in [6, 6.07) is 28.6. The summed E-state index contributed by atoms with van der Waals surface area (Å²) in [7, 11) is -21.4. The molecule has 1 amide bonds. The molecule has 2 aliphatic carbocycles. The van der Waals surface area contributed by atoms with Gasteiger partial charge in [-0.2, -0.15) is 38.8 Å². The fourth-order valence-corrected chi connectivity index (χ4v) is 13.9. The first-order valence-corrected chi connectivity index (χ1v) is 36.9. The number of alkyl halides is 3. The predicted molar refractivity (Wildman–Crippen MR) is 383 cm³/mol. The largest absolute Gasteiger partial charge is 0.744 e. The Morgan fingerprint density at radius 3 is 1.31 bits per heavy atom. The van der Waals surface area contributed by atoms with Gasteiger partial charge in [-0.1, -0.05) is 68.1 Å². The molecule has 0 fully saturated rings. The molecule has 0 saturated heterocycles. The number of nitrogens with two attached hydrogens (primary N) is 3. The maximum atomic E-state index is 14.1. The molecule has 4 heterocycles. The number of carbonyl (C=O) groups is 5. The third-order valence-electron chi connectivity index (χ3n) is 16.0. The number of nitrogen functional groups attached to an aromatic ring is 2. The molecule has 48 heteroatoms. The summed E-state index contributed by atoms with van der Waals surface area (Å²) >= 11 is 0. The molecule has 4 aliphatic rings. The first kappa shape index (κ1) is 86.8. The van der Waals surface area contributed by atoms with Gasteiger partial charge in [0.1, 0.15) is 30.0 Å². The number of fused-ring (bicyclic) bond motifs is 4. The van der Waals surface area contributed by atoms with E-state index in [-0.39, 0.29) is 53.1 Å². The maximum absolute atomic E-state index is 14.1. The summed E-state index contributed by atoms with van der Waals surface area (Å²) < 4.78 is 245. The van der Waals surface area contributed by atoms with Crippen LogP contribution in [0.2, 0.25) is 0 Å².